The number of nitrogens with one attached hydrogen (secondary N) is 1. The lowest BCUT2D eigenvalue weighted by molar-refractivity contribution is -0.896. The van der Waals surface area contributed by atoms with Crippen LogP contribution in [-0.4, -0.2) is 62.1 Å². The third-order valence-electron chi connectivity index (χ3n) is 6.25. The van der Waals surface area contributed by atoms with E-state index in [-0.39, 0.29) is 11.3 Å². The highest BCUT2D eigenvalue weighted by Gasteiger charge is 2.47. The number of ketones is 1. The van der Waals surface area contributed by atoms with E-state index in [9.17, 15) is 14.7 Å². The summed E-state index contributed by atoms with van der Waals surface area (Å²) < 4.78 is 11.0. The lowest BCUT2D eigenvalue weighted by atomic mass is 9.94. The minimum atomic E-state index is -0.776. The molecule has 0 aliphatic carbocycles. The van der Waals surface area contributed by atoms with E-state index < -0.39 is 17.7 Å². The van der Waals surface area contributed by atoms with Crippen molar-refractivity contribution in [3.05, 3.63) is 65.2 Å². The molecule has 0 bridgehead atoms. The summed E-state index contributed by atoms with van der Waals surface area (Å²) in [7, 11) is 3.10. The first-order valence-corrected chi connectivity index (χ1v) is 11.4. The number of rotatable bonds is 10. The molecule has 2 aromatic carbocycles. The highest BCUT2D eigenvalue weighted by molar-refractivity contribution is 6.46. The van der Waals surface area contributed by atoms with Crippen LogP contribution in [0.15, 0.2) is 54.1 Å². The number of methoxy groups -OCH3 is 2. The Bertz CT molecular complexity index is 1010. The Balaban J connectivity index is 2.11. The zero-order valence-electron chi connectivity index (χ0n) is 19.8. The van der Waals surface area contributed by atoms with Gasteiger partial charge in [0.15, 0.2) is 0 Å². The molecular weight excluding hydrogens is 420 g/mol. The van der Waals surface area contributed by atoms with Crippen LogP contribution in [0, 0.1) is 0 Å². The quantitative estimate of drug-likeness (QED) is 0.328. The fourth-order valence-corrected chi connectivity index (χ4v) is 4.34. The first kappa shape index (κ1) is 24.3. The van der Waals surface area contributed by atoms with Gasteiger partial charge >= 0.3 is 0 Å². The number of aliphatic hydroxyl groups is 1. The Morgan fingerprint density at radius 2 is 1.73 bits per heavy atom. The van der Waals surface area contributed by atoms with E-state index in [0.29, 0.717) is 29.2 Å². The SMILES string of the molecule is CC[NH+](CC)CCCN1C(=O)C(=O)/C(=C(\O)c2ccccc2)[C@@H]1c1cc(OC)ccc1OC. The van der Waals surface area contributed by atoms with Gasteiger partial charge in [-0.05, 0) is 32.0 Å². The zero-order valence-corrected chi connectivity index (χ0v) is 19.8. The summed E-state index contributed by atoms with van der Waals surface area (Å²) in [6, 6.07) is 13.3. The van der Waals surface area contributed by atoms with Gasteiger partial charge in [-0.1, -0.05) is 30.3 Å². The summed E-state index contributed by atoms with van der Waals surface area (Å²) >= 11 is 0. The monoisotopic (exact) mass is 453 g/mol. The fraction of sp³-hybridized carbons (Fsp3) is 0.385. The molecule has 0 radical (unpaired) electrons. The lowest BCUT2D eigenvalue weighted by Gasteiger charge is -2.27. The average Bonchev–Trinajstić information content (AvgIpc) is 3.11. The van der Waals surface area contributed by atoms with Gasteiger partial charge in [0.25, 0.3) is 11.7 Å². The number of carbonyl (C=O) groups excluding carboxylic acids is 2. The molecule has 176 valence electrons. The van der Waals surface area contributed by atoms with Crippen LogP contribution >= 0.6 is 0 Å². The Morgan fingerprint density at radius 1 is 1.03 bits per heavy atom. The molecule has 1 aliphatic rings. The first-order chi connectivity index (χ1) is 16.0. The van der Waals surface area contributed by atoms with E-state index in [0.717, 1.165) is 26.1 Å². The Kier molecular flexibility index (Phi) is 8.11. The predicted octanol–water partition coefficient (Wildman–Crippen LogP) is 2.44. The van der Waals surface area contributed by atoms with Gasteiger partial charge in [-0.15, -0.1) is 0 Å². The van der Waals surface area contributed by atoms with E-state index in [1.807, 2.05) is 6.07 Å². The minimum Gasteiger partial charge on any atom is -0.507 e. The van der Waals surface area contributed by atoms with E-state index in [2.05, 4.69) is 13.8 Å². The predicted molar refractivity (Wildman–Crippen MR) is 127 cm³/mol. The second-order valence-electron chi connectivity index (χ2n) is 8.03. The number of hydrogen-bond acceptors (Lipinski definition) is 5. The highest BCUT2D eigenvalue weighted by Crippen LogP contribution is 2.43. The number of likely N-dealkylation sites (tertiary alicyclic amines) is 1. The normalized spacial score (nSPS) is 17.6. The van der Waals surface area contributed by atoms with Gasteiger partial charge in [0.1, 0.15) is 17.3 Å². The van der Waals surface area contributed by atoms with Gasteiger partial charge in [0.05, 0.1) is 45.5 Å². The highest BCUT2D eigenvalue weighted by atomic mass is 16.5. The smallest absolute Gasteiger partial charge is 0.295 e. The molecule has 7 heteroatoms. The summed E-state index contributed by atoms with van der Waals surface area (Å²) in [6.45, 7) is 7.53. The molecule has 0 unspecified atom stereocenters. The second-order valence-corrected chi connectivity index (χ2v) is 8.03. The van der Waals surface area contributed by atoms with Crippen LogP contribution in [0.5, 0.6) is 11.5 Å². The minimum absolute atomic E-state index is 0.0629. The molecule has 1 aliphatic heterocycles. The van der Waals surface area contributed by atoms with Gasteiger partial charge in [-0.25, -0.2) is 0 Å². The van der Waals surface area contributed by atoms with E-state index in [4.69, 9.17) is 9.47 Å². The Morgan fingerprint density at radius 3 is 2.33 bits per heavy atom. The van der Waals surface area contributed by atoms with Gasteiger partial charge in [-0.2, -0.15) is 0 Å². The van der Waals surface area contributed by atoms with Crippen LogP contribution in [0.2, 0.25) is 0 Å². The van der Waals surface area contributed by atoms with Gasteiger partial charge < -0.3 is 24.4 Å². The van der Waals surface area contributed by atoms with Crippen LogP contribution in [0.1, 0.15) is 37.4 Å². The summed E-state index contributed by atoms with van der Waals surface area (Å²) in [5, 5.41) is 11.1. The summed E-state index contributed by atoms with van der Waals surface area (Å²) in [5.74, 6) is -0.413. The van der Waals surface area contributed by atoms with Crippen molar-refractivity contribution in [2.24, 2.45) is 0 Å². The maximum Gasteiger partial charge on any atom is 0.295 e. The van der Waals surface area contributed by atoms with Crippen molar-refractivity contribution >= 4 is 17.4 Å². The second kappa shape index (κ2) is 11.0. The van der Waals surface area contributed by atoms with Gasteiger partial charge in [0, 0.05) is 24.1 Å². The molecule has 2 aromatic rings. The van der Waals surface area contributed by atoms with Crippen molar-refractivity contribution in [1.82, 2.24) is 4.90 Å². The molecule has 0 saturated carbocycles. The van der Waals surface area contributed by atoms with Crippen LogP contribution in [0.25, 0.3) is 5.76 Å². The number of amides is 1. The number of hydrogen-bond donors (Lipinski definition) is 2. The van der Waals surface area contributed by atoms with Crippen molar-refractivity contribution in [2.75, 3.05) is 40.4 Å². The fourth-order valence-electron chi connectivity index (χ4n) is 4.34. The molecule has 2 N–H and O–H groups in total. The molecule has 3 rings (SSSR count). The molecule has 1 amide bonds. The number of aliphatic hydroxyl groups excluding tert-OH is 1. The average molecular weight is 454 g/mol. The molecule has 7 nitrogen and oxygen atoms in total. The molecule has 33 heavy (non-hydrogen) atoms. The van der Waals surface area contributed by atoms with E-state index in [1.54, 1.807) is 61.6 Å². The zero-order chi connectivity index (χ0) is 24.0. The van der Waals surface area contributed by atoms with E-state index in [1.165, 1.54) is 4.90 Å². The maximum absolute atomic E-state index is 13.2. The van der Waals surface area contributed by atoms with Crippen molar-refractivity contribution in [3.8, 4) is 11.5 Å². The number of carbonyl (C=O) groups is 2. The van der Waals surface area contributed by atoms with E-state index >= 15 is 0 Å². The van der Waals surface area contributed by atoms with Crippen LogP contribution in [0.4, 0.5) is 0 Å². The summed E-state index contributed by atoms with van der Waals surface area (Å²) in [4.78, 5) is 29.3. The van der Waals surface area contributed by atoms with Crippen molar-refractivity contribution < 1.29 is 29.1 Å². The van der Waals surface area contributed by atoms with Crippen LogP contribution in [-0.2, 0) is 9.59 Å². The molecule has 0 spiro atoms. The molecule has 1 heterocycles. The number of Topliss-reactive ketones (excluding diaryl/α,β-unsaturated/α-hetero) is 1. The largest absolute Gasteiger partial charge is 0.507 e. The molecule has 0 aromatic heterocycles. The number of ether oxygens (including phenoxy) is 2. The summed E-state index contributed by atoms with van der Waals surface area (Å²) in [6.07, 6.45) is 0.734. The van der Waals surface area contributed by atoms with Crippen molar-refractivity contribution in [1.29, 1.82) is 0 Å². The Labute approximate surface area is 195 Å². The Hall–Kier alpha value is -3.32. The lowest BCUT2D eigenvalue weighted by Crippen LogP contribution is -3.11. The number of benzene rings is 2. The van der Waals surface area contributed by atoms with Crippen LogP contribution in [0.3, 0.4) is 0 Å². The number of nitrogens with zero attached hydrogens (tertiary/aromatic N) is 1. The van der Waals surface area contributed by atoms with Crippen molar-refractivity contribution in [3.63, 3.8) is 0 Å². The summed E-state index contributed by atoms with van der Waals surface area (Å²) in [5.41, 5.74) is 1.15. The molecule has 1 saturated heterocycles. The topological polar surface area (TPSA) is 80.5 Å². The van der Waals surface area contributed by atoms with Gasteiger partial charge in [-0.3, -0.25) is 9.59 Å². The van der Waals surface area contributed by atoms with Crippen molar-refractivity contribution in [2.45, 2.75) is 26.3 Å². The van der Waals surface area contributed by atoms with Crippen LogP contribution < -0.4 is 14.4 Å². The molecule has 1 atom stereocenters. The molecular formula is C26H33N2O5+. The van der Waals surface area contributed by atoms with Gasteiger partial charge in [0.2, 0.25) is 0 Å². The first-order valence-electron chi connectivity index (χ1n) is 11.4. The maximum atomic E-state index is 13.2. The standard InChI is InChI=1S/C26H32N2O5/c1-5-27(6-2)15-10-16-28-23(20-17-19(32-3)13-14-21(20)33-4)22(25(30)26(28)31)24(29)18-11-8-7-9-12-18/h7-9,11-14,17,23,29H,5-6,10,15-16H2,1-4H3/p+1/b24-22-/t23-/m0/s1. The third-order valence-corrected chi connectivity index (χ3v) is 6.25. The number of quaternary nitrogens is 1. The third kappa shape index (κ3) is 5.03. The molecule has 1 fully saturated rings.